The Labute approximate surface area is 254 Å². The predicted molar refractivity (Wildman–Crippen MR) is 170 cm³/mol. The Hall–Kier alpha value is -4.51. The lowest BCUT2D eigenvalue weighted by Crippen LogP contribution is -2.30. The number of rotatable bonds is 8. The quantitative estimate of drug-likeness (QED) is 0.163. The van der Waals surface area contributed by atoms with E-state index in [0.29, 0.717) is 32.8 Å². The van der Waals surface area contributed by atoms with Gasteiger partial charge in [-0.25, -0.2) is 9.79 Å². The molecular weight excluding hydrogens is 568 g/mol. The number of nitro benzene ring substituents is 1. The third-order valence-corrected chi connectivity index (χ3v) is 8.56. The summed E-state index contributed by atoms with van der Waals surface area (Å²) in [5.74, 6) is -0.189. The van der Waals surface area contributed by atoms with Crippen LogP contribution in [0.15, 0.2) is 69.8 Å². The van der Waals surface area contributed by atoms with Gasteiger partial charge in [-0.1, -0.05) is 11.8 Å². The van der Waals surface area contributed by atoms with Crippen LogP contribution in [-0.2, 0) is 9.53 Å². The predicted octanol–water partition coefficient (Wildman–Crippen LogP) is 7.19. The number of aliphatic hydroxyl groups is 1. The van der Waals surface area contributed by atoms with Crippen LogP contribution < -0.4 is 9.64 Å². The molecule has 10 nitrogen and oxygen atoms in total. The molecule has 0 radical (unpaired) electrons. The van der Waals surface area contributed by atoms with Crippen LogP contribution >= 0.6 is 11.8 Å². The summed E-state index contributed by atoms with van der Waals surface area (Å²) in [6.07, 6.45) is 4.99. The van der Waals surface area contributed by atoms with Gasteiger partial charge in [0.2, 0.25) is 0 Å². The molecule has 0 bridgehead atoms. The summed E-state index contributed by atoms with van der Waals surface area (Å²) in [6, 6.07) is 14.4. The first kappa shape index (κ1) is 30.0. The van der Waals surface area contributed by atoms with Gasteiger partial charge in [0.05, 0.1) is 34.9 Å². The van der Waals surface area contributed by atoms with E-state index in [9.17, 15) is 20.0 Å². The zero-order valence-corrected chi connectivity index (χ0v) is 25.4. The van der Waals surface area contributed by atoms with E-state index in [2.05, 4.69) is 9.89 Å². The molecule has 0 aliphatic carbocycles. The highest BCUT2D eigenvalue weighted by Crippen LogP contribution is 2.41. The number of carbonyl (C=O) groups is 1. The molecule has 43 heavy (non-hydrogen) atoms. The Kier molecular flexibility index (Phi) is 8.91. The van der Waals surface area contributed by atoms with Gasteiger partial charge >= 0.3 is 5.97 Å². The number of anilines is 1. The number of nitro groups is 1. The van der Waals surface area contributed by atoms with Crippen molar-refractivity contribution in [1.29, 1.82) is 0 Å². The van der Waals surface area contributed by atoms with Crippen molar-refractivity contribution in [2.75, 3.05) is 31.7 Å². The number of hydrogen-bond acceptors (Lipinski definition) is 9. The van der Waals surface area contributed by atoms with Gasteiger partial charge in [0.15, 0.2) is 0 Å². The van der Waals surface area contributed by atoms with Crippen LogP contribution in [0.25, 0.3) is 11.8 Å². The molecule has 1 aromatic heterocycles. The molecule has 0 saturated carbocycles. The lowest BCUT2D eigenvalue weighted by Gasteiger charge is -2.28. The molecule has 2 aromatic carbocycles. The summed E-state index contributed by atoms with van der Waals surface area (Å²) in [4.78, 5) is 31.8. The first-order chi connectivity index (χ1) is 20.7. The van der Waals surface area contributed by atoms with E-state index in [1.165, 1.54) is 11.8 Å². The molecular formula is C32H34N4O6S. The summed E-state index contributed by atoms with van der Waals surface area (Å²) in [7, 11) is 1.58. The van der Waals surface area contributed by atoms with E-state index < -0.39 is 5.97 Å². The molecule has 0 unspecified atom stereocenters. The maximum Gasteiger partial charge on any atom is 0.344 e. The number of aromatic nitrogens is 1. The van der Waals surface area contributed by atoms with E-state index in [-0.39, 0.29) is 28.5 Å². The number of thioether (sulfide) groups is 1. The maximum absolute atomic E-state index is 12.8. The zero-order chi connectivity index (χ0) is 30.7. The number of nitrogens with zero attached hydrogens (tertiary/aromatic N) is 4. The molecule has 3 aromatic rings. The van der Waals surface area contributed by atoms with Crippen LogP contribution in [0.3, 0.4) is 0 Å². The topological polar surface area (TPSA) is 119 Å². The first-order valence-corrected chi connectivity index (χ1v) is 15.0. The van der Waals surface area contributed by atoms with Crippen LogP contribution in [0, 0.1) is 24.0 Å². The number of esters is 1. The second-order valence-corrected chi connectivity index (χ2v) is 11.3. The number of carbonyl (C=O) groups excluding carboxylic acids is 1. The molecule has 0 amide bonds. The monoisotopic (exact) mass is 602 g/mol. The van der Waals surface area contributed by atoms with Crippen molar-refractivity contribution < 1.29 is 24.3 Å². The normalized spacial score (nSPS) is 17.2. The smallest absolute Gasteiger partial charge is 0.344 e. The maximum atomic E-state index is 12.8. The SMILES string of the molecule is CCOC(=O)C1=C(O)/C(=C/c2cc(C)n(-c3ccc(N4CCCCC4)c([N+](=O)[O-])c3)c2C)SC1=Nc1ccc(OC)cc1. The number of benzene rings is 2. The van der Waals surface area contributed by atoms with E-state index >= 15 is 0 Å². The number of aryl methyl sites for hydroxylation is 1. The van der Waals surface area contributed by atoms with Crippen molar-refractivity contribution in [3.05, 3.63) is 91.8 Å². The zero-order valence-electron chi connectivity index (χ0n) is 24.6. The molecule has 224 valence electrons. The van der Waals surface area contributed by atoms with Gasteiger partial charge in [-0.15, -0.1) is 0 Å². The minimum atomic E-state index is -0.658. The molecule has 1 saturated heterocycles. The standard InChI is InChI=1S/C32H34N4O6S/c1-5-42-32(38)29-30(37)28(43-31(29)33-23-9-12-25(41-4)13-10-23)18-22-17-20(2)35(21(22)3)24-11-14-26(27(19-24)36(39)40)34-15-7-6-8-16-34/h9-14,17-19,37H,5-8,15-16H2,1-4H3/b28-18-,33-31?. The van der Waals surface area contributed by atoms with Gasteiger partial charge in [-0.2, -0.15) is 0 Å². The summed E-state index contributed by atoms with van der Waals surface area (Å²) < 4.78 is 12.4. The Morgan fingerprint density at radius 1 is 1.12 bits per heavy atom. The molecule has 2 aliphatic heterocycles. The van der Waals surface area contributed by atoms with Crippen LogP contribution in [0.2, 0.25) is 0 Å². The second-order valence-electron chi connectivity index (χ2n) is 10.3. The molecule has 1 fully saturated rings. The summed E-state index contributed by atoms with van der Waals surface area (Å²) in [5.41, 5.74) is 4.50. The number of methoxy groups -OCH3 is 1. The lowest BCUT2D eigenvalue weighted by molar-refractivity contribution is -0.384. The Morgan fingerprint density at radius 2 is 1.84 bits per heavy atom. The molecule has 0 spiro atoms. The minimum Gasteiger partial charge on any atom is -0.506 e. The Bertz CT molecular complexity index is 1650. The molecule has 3 heterocycles. The van der Waals surface area contributed by atoms with Gasteiger partial charge in [-0.3, -0.25) is 10.1 Å². The number of aliphatic imine (C=N–C) groups is 1. The average Bonchev–Trinajstić information content (AvgIpc) is 3.46. The third kappa shape index (κ3) is 6.17. The van der Waals surface area contributed by atoms with E-state index in [0.717, 1.165) is 49.3 Å². The molecule has 2 aliphatic rings. The first-order valence-electron chi connectivity index (χ1n) is 14.2. The largest absolute Gasteiger partial charge is 0.506 e. The molecule has 0 atom stereocenters. The lowest BCUT2D eigenvalue weighted by atomic mass is 10.1. The summed E-state index contributed by atoms with van der Waals surface area (Å²) >= 11 is 1.18. The fourth-order valence-electron chi connectivity index (χ4n) is 5.44. The van der Waals surface area contributed by atoms with Gasteiger partial charge in [0.1, 0.15) is 27.8 Å². The van der Waals surface area contributed by atoms with Crippen LogP contribution in [0.4, 0.5) is 17.1 Å². The Morgan fingerprint density at radius 3 is 2.49 bits per heavy atom. The fraction of sp³-hybridized carbons (Fsp3) is 0.312. The summed E-state index contributed by atoms with van der Waals surface area (Å²) in [5, 5.41) is 23.6. The number of hydrogen-bond donors (Lipinski definition) is 1. The third-order valence-electron chi connectivity index (χ3n) is 7.54. The van der Waals surface area contributed by atoms with Crippen molar-refractivity contribution >= 4 is 45.9 Å². The van der Waals surface area contributed by atoms with Gasteiger partial charge in [0, 0.05) is 30.5 Å². The highest BCUT2D eigenvalue weighted by molar-refractivity contribution is 8.18. The number of ether oxygens (including phenoxy) is 2. The van der Waals surface area contributed by atoms with Gasteiger partial charge in [0.25, 0.3) is 5.69 Å². The average molecular weight is 603 g/mol. The summed E-state index contributed by atoms with van der Waals surface area (Å²) in [6.45, 7) is 7.32. The number of piperidine rings is 1. The minimum absolute atomic E-state index is 0.00616. The van der Waals surface area contributed by atoms with Crippen LogP contribution in [0.1, 0.15) is 43.1 Å². The van der Waals surface area contributed by atoms with Crippen LogP contribution in [0.5, 0.6) is 5.75 Å². The molecule has 1 N–H and O–H groups in total. The second kappa shape index (κ2) is 12.8. The van der Waals surface area contributed by atoms with E-state index in [1.807, 2.05) is 36.6 Å². The highest BCUT2D eigenvalue weighted by atomic mass is 32.2. The highest BCUT2D eigenvalue weighted by Gasteiger charge is 2.33. The van der Waals surface area contributed by atoms with Crippen molar-refractivity contribution in [3.63, 3.8) is 0 Å². The van der Waals surface area contributed by atoms with Crippen molar-refractivity contribution in [3.8, 4) is 11.4 Å². The molecule has 11 heteroatoms. The van der Waals surface area contributed by atoms with Crippen molar-refractivity contribution in [1.82, 2.24) is 4.57 Å². The fourth-order valence-corrected chi connectivity index (χ4v) is 6.46. The van der Waals surface area contributed by atoms with Crippen molar-refractivity contribution in [2.45, 2.75) is 40.0 Å². The van der Waals surface area contributed by atoms with E-state index in [1.54, 1.807) is 50.4 Å². The van der Waals surface area contributed by atoms with Gasteiger partial charge < -0.3 is 24.0 Å². The van der Waals surface area contributed by atoms with Crippen molar-refractivity contribution in [2.24, 2.45) is 4.99 Å². The molecule has 5 rings (SSSR count). The van der Waals surface area contributed by atoms with Gasteiger partial charge in [-0.05, 0) is 94.1 Å². The van der Waals surface area contributed by atoms with Crippen LogP contribution in [-0.4, -0.2) is 52.4 Å². The van der Waals surface area contributed by atoms with E-state index in [4.69, 9.17) is 9.47 Å². The number of aliphatic hydroxyl groups excluding tert-OH is 1. The Balaban J connectivity index is 1.52.